The Kier molecular flexibility index (Phi) is 2.90. The van der Waals surface area contributed by atoms with Crippen molar-refractivity contribution in [1.82, 2.24) is 4.98 Å². The molecule has 0 atom stereocenters. The van der Waals surface area contributed by atoms with Crippen molar-refractivity contribution in [3.05, 3.63) is 48.0 Å². The first-order valence-corrected chi connectivity index (χ1v) is 6.59. The minimum absolute atomic E-state index is 0.0970. The predicted molar refractivity (Wildman–Crippen MR) is 74.5 cm³/mol. The average molecular weight is 294 g/mol. The number of alkyl halides is 3. The Balaban J connectivity index is 2.21. The molecular weight excluding hydrogens is 285 g/mol. The molecule has 2 N–H and O–H groups in total. The van der Waals surface area contributed by atoms with Crippen molar-refractivity contribution in [3.8, 4) is 10.6 Å². The molecule has 2 nitrogen and oxygen atoms in total. The highest BCUT2D eigenvalue weighted by molar-refractivity contribution is 7.21. The molecule has 0 unspecified atom stereocenters. The number of hydrogen-bond acceptors (Lipinski definition) is 3. The van der Waals surface area contributed by atoms with Crippen LogP contribution in [0.3, 0.4) is 0 Å². The summed E-state index contributed by atoms with van der Waals surface area (Å²) in [5.41, 5.74) is 6.31. The summed E-state index contributed by atoms with van der Waals surface area (Å²) in [7, 11) is 0. The highest BCUT2D eigenvalue weighted by Crippen LogP contribution is 2.39. The highest BCUT2D eigenvalue weighted by atomic mass is 32.1. The topological polar surface area (TPSA) is 38.9 Å². The number of halogens is 3. The van der Waals surface area contributed by atoms with Gasteiger partial charge in [-0.15, -0.1) is 11.3 Å². The number of nitrogen functional groups attached to an aromatic ring is 1. The van der Waals surface area contributed by atoms with E-state index in [1.807, 2.05) is 0 Å². The van der Waals surface area contributed by atoms with E-state index in [2.05, 4.69) is 4.98 Å². The molecule has 0 saturated carbocycles. The zero-order chi connectivity index (χ0) is 14.3. The van der Waals surface area contributed by atoms with Gasteiger partial charge in [0.25, 0.3) is 0 Å². The lowest BCUT2D eigenvalue weighted by Gasteiger charge is -2.10. The van der Waals surface area contributed by atoms with E-state index in [-0.39, 0.29) is 5.56 Å². The van der Waals surface area contributed by atoms with Crippen LogP contribution in [0, 0.1) is 0 Å². The SMILES string of the molecule is Nc1ccc2nc(-c3ccccc3C(F)(F)F)sc2c1. The largest absolute Gasteiger partial charge is 0.417 e. The van der Waals surface area contributed by atoms with Gasteiger partial charge in [0.2, 0.25) is 0 Å². The Labute approximate surface area is 116 Å². The highest BCUT2D eigenvalue weighted by Gasteiger charge is 2.34. The molecule has 0 radical (unpaired) electrons. The van der Waals surface area contributed by atoms with Crippen molar-refractivity contribution in [2.24, 2.45) is 0 Å². The summed E-state index contributed by atoms with van der Waals surface area (Å²) in [5.74, 6) is 0. The van der Waals surface area contributed by atoms with Crippen LogP contribution in [0.2, 0.25) is 0 Å². The molecule has 2 aromatic carbocycles. The molecule has 20 heavy (non-hydrogen) atoms. The summed E-state index contributed by atoms with van der Waals surface area (Å²) in [6.45, 7) is 0. The van der Waals surface area contributed by atoms with Gasteiger partial charge in [-0.3, -0.25) is 0 Å². The summed E-state index contributed by atoms with van der Waals surface area (Å²) in [6, 6.07) is 10.6. The molecule has 0 bridgehead atoms. The van der Waals surface area contributed by atoms with E-state index in [4.69, 9.17) is 5.73 Å². The number of benzene rings is 2. The van der Waals surface area contributed by atoms with Gasteiger partial charge in [-0.1, -0.05) is 18.2 Å². The van der Waals surface area contributed by atoms with Crippen molar-refractivity contribution < 1.29 is 13.2 Å². The Bertz CT molecular complexity index is 777. The first kappa shape index (κ1) is 12.9. The van der Waals surface area contributed by atoms with Gasteiger partial charge in [0.05, 0.1) is 15.8 Å². The second-order valence-corrected chi connectivity index (χ2v) is 5.32. The number of nitrogens with zero attached hydrogens (tertiary/aromatic N) is 1. The summed E-state index contributed by atoms with van der Waals surface area (Å²) in [4.78, 5) is 4.26. The van der Waals surface area contributed by atoms with Crippen molar-refractivity contribution in [1.29, 1.82) is 0 Å². The smallest absolute Gasteiger partial charge is 0.399 e. The number of aromatic nitrogens is 1. The van der Waals surface area contributed by atoms with Crippen LogP contribution < -0.4 is 5.73 Å². The predicted octanol–water partition coefficient (Wildman–Crippen LogP) is 4.56. The molecule has 0 aliphatic carbocycles. The summed E-state index contributed by atoms with van der Waals surface area (Å²) >= 11 is 1.20. The van der Waals surface area contributed by atoms with E-state index < -0.39 is 11.7 Å². The number of hydrogen-bond donors (Lipinski definition) is 1. The van der Waals surface area contributed by atoms with Crippen molar-refractivity contribution in [3.63, 3.8) is 0 Å². The Morgan fingerprint density at radius 2 is 1.80 bits per heavy atom. The van der Waals surface area contributed by atoms with Gasteiger partial charge in [0.1, 0.15) is 5.01 Å². The van der Waals surface area contributed by atoms with Crippen molar-refractivity contribution in [2.75, 3.05) is 5.73 Å². The fourth-order valence-electron chi connectivity index (χ4n) is 1.97. The average Bonchev–Trinajstić information content (AvgIpc) is 2.80. The molecule has 3 aromatic rings. The first-order valence-electron chi connectivity index (χ1n) is 5.78. The van der Waals surface area contributed by atoms with E-state index >= 15 is 0 Å². The van der Waals surface area contributed by atoms with Crippen LogP contribution in [0.15, 0.2) is 42.5 Å². The maximum Gasteiger partial charge on any atom is 0.417 e. The lowest BCUT2D eigenvalue weighted by Crippen LogP contribution is -2.06. The van der Waals surface area contributed by atoms with Crippen molar-refractivity contribution >= 4 is 27.2 Å². The minimum atomic E-state index is -4.40. The second-order valence-electron chi connectivity index (χ2n) is 4.29. The van der Waals surface area contributed by atoms with Crippen LogP contribution in [0.5, 0.6) is 0 Å². The number of thiazole rings is 1. The molecule has 1 aromatic heterocycles. The van der Waals surface area contributed by atoms with Crippen LogP contribution in [0.1, 0.15) is 5.56 Å². The number of anilines is 1. The van der Waals surface area contributed by atoms with E-state index in [1.165, 1.54) is 23.5 Å². The maximum absolute atomic E-state index is 13.0. The van der Waals surface area contributed by atoms with Crippen LogP contribution in [-0.4, -0.2) is 4.98 Å². The third-order valence-electron chi connectivity index (χ3n) is 2.88. The summed E-state index contributed by atoms with van der Waals surface area (Å²) < 4.78 is 39.8. The Morgan fingerprint density at radius 1 is 1.05 bits per heavy atom. The molecule has 6 heteroatoms. The number of fused-ring (bicyclic) bond motifs is 1. The van der Waals surface area contributed by atoms with E-state index in [0.29, 0.717) is 16.2 Å². The van der Waals surface area contributed by atoms with Crippen LogP contribution >= 0.6 is 11.3 Å². The van der Waals surface area contributed by atoms with Crippen LogP contribution in [0.25, 0.3) is 20.8 Å². The number of rotatable bonds is 1. The lowest BCUT2D eigenvalue weighted by molar-refractivity contribution is -0.137. The van der Waals surface area contributed by atoms with Crippen LogP contribution in [0.4, 0.5) is 18.9 Å². The molecule has 0 aliphatic rings. The molecule has 0 aliphatic heterocycles. The fraction of sp³-hybridized carbons (Fsp3) is 0.0714. The molecule has 102 valence electrons. The van der Waals surface area contributed by atoms with Gasteiger partial charge in [0, 0.05) is 11.3 Å². The van der Waals surface area contributed by atoms with E-state index in [0.717, 1.165) is 10.8 Å². The molecule has 1 heterocycles. The van der Waals surface area contributed by atoms with Gasteiger partial charge in [-0.25, -0.2) is 4.98 Å². The lowest BCUT2D eigenvalue weighted by atomic mass is 10.1. The minimum Gasteiger partial charge on any atom is -0.399 e. The second kappa shape index (κ2) is 4.49. The van der Waals surface area contributed by atoms with Gasteiger partial charge in [-0.2, -0.15) is 13.2 Å². The zero-order valence-electron chi connectivity index (χ0n) is 10.1. The standard InChI is InChI=1S/C14H9F3N2S/c15-14(16,17)10-4-2-1-3-9(10)13-19-11-6-5-8(18)7-12(11)20-13/h1-7H,18H2. The summed E-state index contributed by atoms with van der Waals surface area (Å²) in [5, 5.41) is 0.346. The third kappa shape index (κ3) is 2.22. The summed E-state index contributed by atoms with van der Waals surface area (Å²) in [6.07, 6.45) is -4.40. The maximum atomic E-state index is 13.0. The van der Waals surface area contributed by atoms with Gasteiger partial charge < -0.3 is 5.73 Å². The Morgan fingerprint density at radius 3 is 2.55 bits per heavy atom. The van der Waals surface area contributed by atoms with E-state index in [1.54, 1.807) is 24.3 Å². The molecule has 0 fully saturated rings. The monoisotopic (exact) mass is 294 g/mol. The number of nitrogens with two attached hydrogens (primary N) is 1. The molecule has 0 spiro atoms. The van der Waals surface area contributed by atoms with Crippen molar-refractivity contribution in [2.45, 2.75) is 6.18 Å². The van der Waals surface area contributed by atoms with E-state index in [9.17, 15) is 13.2 Å². The zero-order valence-corrected chi connectivity index (χ0v) is 10.9. The van der Waals surface area contributed by atoms with Gasteiger partial charge in [0.15, 0.2) is 0 Å². The normalized spacial score (nSPS) is 11.9. The van der Waals surface area contributed by atoms with Gasteiger partial charge in [-0.05, 0) is 24.3 Å². The fourth-order valence-corrected chi connectivity index (χ4v) is 3.03. The molecule has 3 rings (SSSR count). The quantitative estimate of drug-likeness (QED) is 0.668. The molecular formula is C14H9F3N2S. The van der Waals surface area contributed by atoms with Crippen LogP contribution in [-0.2, 0) is 6.18 Å². The molecule has 0 saturated heterocycles. The third-order valence-corrected chi connectivity index (χ3v) is 3.93. The first-order chi connectivity index (χ1) is 9.45. The molecule has 0 amide bonds. The van der Waals surface area contributed by atoms with Gasteiger partial charge >= 0.3 is 6.18 Å². The Hall–Kier alpha value is -2.08.